The van der Waals surface area contributed by atoms with Crippen molar-refractivity contribution in [3.63, 3.8) is 0 Å². The van der Waals surface area contributed by atoms with Gasteiger partial charge in [0.1, 0.15) is 6.04 Å². The summed E-state index contributed by atoms with van der Waals surface area (Å²) in [5.41, 5.74) is 2.36. The van der Waals surface area contributed by atoms with Crippen LogP contribution >= 0.6 is 0 Å². The number of likely N-dealkylation sites (tertiary alicyclic amines) is 1. The maximum Gasteiger partial charge on any atom is 0.244 e. The third-order valence-corrected chi connectivity index (χ3v) is 5.06. The van der Waals surface area contributed by atoms with Crippen molar-refractivity contribution >= 4 is 5.91 Å². The number of amides is 1. The zero-order valence-electron chi connectivity index (χ0n) is 13.8. The molecule has 1 atom stereocenters. The minimum Gasteiger partial charge on any atom is -0.375 e. The zero-order chi connectivity index (χ0) is 15.7. The van der Waals surface area contributed by atoms with Crippen molar-refractivity contribution in [1.29, 1.82) is 0 Å². The van der Waals surface area contributed by atoms with Crippen LogP contribution in [0.4, 0.5) is 0 Å². The largest absolute Gasteiger partial charge is 0.375 e. The molecule has 4 nitrogen and oxygen atoms in total. The number of nitrogens with zero attached hydrogens (tertiary/aromatic N) is 2. The third-order valence-electron chi connectivity index (χ3n) is 5.06. The first kappa shape index (κ1) is 15.5. The van der Waals surface area contributed by atoms with Crippen LogP contribution in [-0.2, 0) is 9.53 Å². The van der Waals surface area contributed by atoms with Crippen LogP contribution in [0, 0.1) is 6.92 Å². The van der Waals surface area contributed by atoms with E-state index in [-0.39, 0.29) is 17.6 Å². The van der Waals surface area contributed by atoms with Gasteiger partial charge in [0.15, 0.2) is 0 Å². The van der Waals surface area contributed by atoms with Gasteiger partial charge in [-0.15, -0.1) is 0 Å². The number of ether oxygens (including phenoxy) is 1. The molecule has 1 amide bonds. The van der Waals surface area contributed by atoms with Crippen molar-refractivity contribution in [3.8, 4) is 0 Å². The van der Waals surface area contributed by atoms with E-state index in [9.17, 15) is 4.79 Å². The predicted molar refractivity (Wildman–Crippen MR) is 86.7 cm³/mol. The molecule has 2 aliphatic rings. The standard InChI is InChI=1S/C18H26N2O2/c1-14-5-4-6-15(13-14)16(19(2)3)17(21)20-10-7-18(8-11-20)9-12-22-18/h4-6,13,16H,7-12H2,1-3H3. The highest BCUT2D eigenvalue weighted by Gasteiger charge is 2.43. The van der Waals surface area contributed by atoms with Crippen LogP contribution in [0.1, 0.15) is 36.4 Å². The molecule has 2 saturated heterocycles. The number of carbonyl (C=O) groups excluding carboxylic acids is 1. The summed E-state index contributed by atoms with van der Waals surface area (Å²) in [6.07, 6.45) is 3.11. The van der Waals surface area contributed by atoms with Crippen LogP contribution in [-0.4, -0.2) is 55.1 Å². The fourth-order valence-corrected chi connectivity index (χ4v) is 3.59. The molecule has 2 aliphatic heterocycles. The Balaban J connectivity index is 1.73. The van der Waals surface area contributed by atoms with Gasteiger partial charge in [-0.25, -0.2) is 0 Å². The summed E-state index contributed by atoms with van der Waals surface area (Å²) < 4.78 is 5.75. The number of benzene rings is 1. The normalized spacial score (nSPS) is 21.7. The number of piperidine rings is 1. The number of hydrogen-bond donors (Lipinski definition) is 0. The Morgan fingerprint density at radius 1 is 1.27 bits per heavy atom. The second-order valence-corrected chi connectivity index (χ2v) is 6.89. The number of hydrogen-bond acceptors (Lipinski definition) is 3. The maximum atomic E-state index is 13.0. The van der Waals surface area contributed by atoms with E-state index >= 15 is 0 Å². The Morgan fingerprint density at radius 3 is 2.45 bits per heavy atom. The summed E-state index contributed by atoms with van der Waals surface area (Å²) in [4.78, 5) is 17.0. The Labute approximate surface area is 133 Å². The topological polar surface area (TPSA) is 32.8 Å². The number of carbonyl (C=O) groups is 1. The van der Waals surface area contributed by atoms with Crippen molar-refractivity contribution in [3.05, 3.63) is 35.4 Å². The zero-order valence-corrected chi connectivity index (χ0v) is 13.8. The van der Waals surface area contributed by atoms with E-state index in [2.05, 4.69) is 25.1 Å². The molecule has 2 heterocycles. The average Bonchev–Trinajstić information content (AvgIpc) is 2.45. The summed E-state index contributed by atoms with van der Waals surface area (Å²) in [5, 5.41) is 0. The van der Waals surface area contributed by atoms with Crippen molar-refractivity contribution in [2.75, 3.05) is 33.8 Å². The molecule has 0 bridgehead atoms. The van der Waals surface area contributed by atoms with Crippen LogP contribution < -0.4 is 0 Å². The van der Waals surface area contributed by atoms with Gasteiger partial charge in [-0.05, 0) is 45.8 Å². The Kier molecular flexibility index (Phi) is 4.24. The SMILES string of the molecule is Cc1cccc(C(C(=O)N2CCC3(CCO3)CC2)N(C)C)c1. The first-order valence-corrected chi connectivity index (χ1v) is 8.16. The molecule has 22 heavy (non-hydrogen) atoms. The first-order chi connectivity index (χ1) is 10.5. The summed E-state index contributed by atoms with van der Waals surface area (Å²) in [6.45, 7) is 4.58. The van der Waals surface area contributed by atoms with Crippen LogP contribution in [0.15, 0.2) is 24.3 Å². The van der Waals surface area contributed by atoms with E-state index in [0.29, 0.717) is 0 Å². The molecule has 1 unspecified atom stereocenters. The Hall–Kier alpha value is -1.39. The van der Waals surface area contributed by atoms with Crippen molar-refractivity contribution in [2.24, 2.45) is 0 Å². The molecule has 0 radical (unpaired) electrons. The maximum absolute atomic E-state index is 13.0. The van der Waals surface area contributed by atoms with E-state index in [1.807, 2.05) is 30.0 Å². The van der Waals surface area contributed by atoms with Crippen LogP contribution in [0.3, 0.4) is 0 Å². The van der Waals surface area contributed by atoms with E-state index in [0.717, 1.165) is 44.5 Å². The second kappa shape index (κ2) is 6.01. The van der Waals surface area contributed by atoms with Crippen LogP contribution in [0.2, 0.25) is 0 Å². The highest BCUT2D eigenvalue weighted by Crippen LogP contribution is 2.37. The van der Waals surface area contributed by atoms with Gasteiger partial charge in [0.2, 0.25) is 5.91 Å². The molecule has 4 heteroatoms. The fourth-order valence-electron chi connectivity index (χ4n) is 3.59. The van der Waals surface area contributed by atoms with Gasteiger partial charge in [0.05, 0.1) is 12.2 Å². The molecule has 0 saturated carbocycles. The van der Waals surface area contributed by atoms with Crippen molar-refractivity contribution < 1.29 is 9.53 Å². The summed E-state index contributed by atoms with van der Waals surface area (Å²) in [7, 11) is 3.96. The highest BCUT2D eigenvalue weighted by atomic mass is 16.5. The molecular weight excluding hydrogens is 276 g/mol. The first-order valence-electron chi connectivity index (χ1n) is 8.16. The minimum absolute atomic E-state index is 0.0910. The molecular formula is C18H26N2O2. The number of rotatable bonds is 3. The van der Waals surface area contributed by atoms with Crippen LogP contribution in [0.25, 0.3) is 0 Å². The quantitative estimate of drug-likeness (QED) is 0.859. The van der Waals surface area contributed by atoms with Gasteiger partial charge < -0.3 is 9.64 Å². The molecule has 0 aliphatic carbocycles. The van der Waals surface area contributed by atoms with Crippen LogP contribution in [0.5, 0.6) is 0 Å². The lowest BCUT2D eigenvalue weighted by atomic mass is 9.84. The summed E-state index contributed by atoms with van der Waals surface area (Å²) >= 11 is 0. The highest BCUT2D eigenvalue weighted by molar-refractivity contribution is 5.83. The minimum atomic E-state index is -0.198. The molecule has 2 fully saturated rings. The van der Waals surface area contributed by atoms with E-state index in [1.54, 1.807) is 0 Å². The molecule has 1 spiro atoms. The van der Waals surface area contributed by atoms with Gasteiger partial charge >= 0.3 is 0 Å². The second-order valence-electron chi connectivity index (χ2n) is 6.89. The smallest absolute Gasteiger partial charge is 0.244 e. The molecule has 120 valence electrons. The number of likely N-dealkylation sites (N-methyl/N-ethyl adjacent to an activating group) is 1. The van der Waals surface area contributed by atoms with Gasteiger partial charge in [-0.1, -0.05) is 29.8 Å². The molecule has 0 N–H and O–H groups in total. The lowest BCUT2D eigenvalue weighted by Crippen LogP contribution is -2.54. The molecule has 3 rings (SSSR count). The Bertz CT molecular complexity index is 542. The van der Waals surface area contributed by atoms with E-state index in [1.165, 1.54) is 5.56 Å². The fraction of sp³-hybridized carbons (Fsp3) is 0.611. The third kappa shape index (κ3) is 2.90. The predicted octanol–water partition coefficient (Wildman–Crippen LogP) is 2.38. The molecule has 0 aromatic heterocycles. The van der Waals surface area contributed by atoms with Gasteiger partial charge in [0.25, 0.3) is 0 Å². The van der Waals surface area contributed by atoms with Gasteiger partial charge in [-0.2, -0.15) is 0 Å². The lowest BCUT2D eigenvalue weighted by molar-refractivity contribution is -0.177. The van der Waals surface area contributed by atoms with E-state index < -0.39 is 0 Å². The molecule has 1 aromatic rings. The number of aryl methyl sites for hydroxylation is 1. The lowest BCUT2D eigenvalue weighted by Gasteiger charge is -2.48. The van der Waals surface area contributed by atoms with Gasteiger partial charge in [0, 0.05) is 13.1 Å². The van der Waals surface area contributed by atoms with Gasteiger partial charge in [-0.3, -0.25) is 9.69 Å². The monoisotopic (exact) mass is 302 g/mol. The van der Waals surface area contributed by atoms with E-state index in [4.69, 9.17) is 4.74 Å². The summed E-state index contributed by atoms with van der Waals surface area (Å²) in [6, 6.07) is 8.07. The summed E-state index contributed by atoms with van der Waals surface area (Å²) in [5.74, 6) is 0.213. The Morgan fingerprint density at radius 2 is 1.95 bits per heavy atom. The van der Waals surface area contributed by atoms with Crippen molar-refractivity contribution in [1.82, 2.24) is 9.80 Å². The van der Waals surface area contributed by atoms with Crippen molar-refractivity contribution in [2.45, 2.75) is 37.8 Å². The molecule has 1 aromatic carbocycles. The average molecular weight is 302 g/mol.